The lowest BCUT2D eigenvalue weighted by molar-refractivity contribution is -0.121. The number of amidine groups is 1. The fourth-order valence-corrected chi connectivity index (χ4v) is 5.09. The van der Waals surface area contributed by atoms with E-state index in [1.807, 2.05) is 6.08 Å². The number of aromatic nitrogens is 1. The van der Waals surface area contributed by atoms with Crippen LogP contribution in [0.15, 0.2) is 63.3 Å². The number of benzene rings is 1. The molecule has 0 fully saturated rings. The van der Waals surface area contributed by atoms with Crippen LogP contribution in [-0.4, -0.2) is 43.6 Å². The first-order valence-corrected chi connectivity index (χ1v) is 11.9. The first-order valence-electron chi connectivity index (χ1n) is 9.54. The Morgan fingerprint density at radius 1 is 1.34 bits per heavy atom. The molecule has 0 spiro atoms. The van der Waals surface area contributed by atoms with Crippen molar-refractivity contribution in [2.45, 2.75) is 23.1 Å². The Hall–Kier alpha value is -3.25. The number of carbonyl (C=O) groups is 1. The monoisotopic (exact) mass is 477 g/mol. The van der Waals surface area contributed by atoms with Gasteiger partial charge in [-0.15, -0.1) is 11.8 Å². The molecule has 1 unspecified atom stereocenters. The minimum Gasteiger partial charge on any atom is -0.497 e. The lowest BCUT2D eigenvalue weighted by Gasteiger charge is -2.13. The van der Waals surface area contributed by atoms with Gasteiger partial charge in [-0.05, 0) is 30.7 Å². The maximum atomic E-state index is 12.7. The number of ether oxygens (including phenoxy) is 1. The van der Waals surface area contributed by atoms with Gasteiger partial charge in [0.25, 0.3) is 15.6 Å². The topological polar surface area (TPSA) is 156 Å². The minimum atomic E-state index is -4.03. The second-order valence-corrected chi connectivity index (χ2v) is 9.93. The fourth-order valence-electron chi connectivity index (χ4n) is 2.96. The highest BCUT2D eigenvalue weighted by molar-refractivity contribution is 8.04. The van der Waals surface area contributed by atoms with Gasteiger partial charge in [0.2, 0.25) is 5.91 Å². The van der Waals surface area contributed by atoms with Crippen LogP contribution in [0.1, 0.15) is 6.42 Å². The second kappa shape index (κ2) is 9.92. The van der Waals surface area contributed by atoms with E-state index < -0.39 is 21.5 Å². The van der Waals surface area contributed by atoms with Crippen molar-refractivity contribution in [1.29, 1.82) is 5.41 Å². The van der Waals surface area contributed by atoms with Crippen molar-refractivity contribution >= 4 is 39.2 Å². The summed E-state index contributed by atoms with van der Waals surface area (Å²) in [5.74, 6) is -0.0264. The zero-order valence-corrected chi connectivity index (χ0v) is 18.8. The average Bonchev–Trinajstić information content (AvgIpc) is 3.24. The van der Waals surface area contributed by atoms with Crippen LogP contribution in [0, 0.1) is 5.41 Å². The highest BCUT2D eigenvalue weighted by Gasteiger charge is 2.21. The number of nitrogens with zero attached hydrogens (tertiary/aromatic N) is 1. The van der Waals surface area contributed by atoms with Gasteiger partial charge in [0, 0.05) is 29.0 Å². The van der Waals surface area contributed by atoms with E-state index in [0.29, 0.717) is 23.6 Å². The number of nitrogens with two attached hydrogens (primary N) is 1. The number of allylic oxidation sites excluding steroid dienone is 1. The van der Waals surface area contributed by atoms with E-state index in [4.69, 9.17) is 15.9 Å². The third-order valence-corrected chi connectivity index (χ3v) is 7.28. The Kier molecular flexibility index (Phi) is 7.26. The second-order valence-electron chi connectivity index (χ2n) is 6.90. The number of nitrogens with one attached hydrogen (secondary N) is 3. The molecule has 0 bridgehead atoms. The summed E-state index contributed by atoms with van der Waals surface area (Å²) in [6.45, 7) is 0.0889. The van der Waals surface area contributed by atoms with E-state index in [9.17, 15) is 18.0 Å². The summed E-state index contributed by atoms with van der Waals surface area (Å²) in [6.07, 6.45) is 3.94. The molecule has 32 heavy (non-hydrogen) atoms. The molecule has 170 valence electrons. The predicted molar refractivity (Wildman–Crippen MR) is 124 cm³/mol. The van der Waals surface area contributed by atoms with Crippen LogP contribution in [0.4, 0.5) is 5.69 Å². The molecule has 5 N–H and O–H groups in total. The van der Waals surface area contributed by atoms with Gasteiger partial charge in [0.15, 0.2) is 0 Å². The van der Waals surface area contributed by atoms with Crippen LogP contribution in [0.2, 0.25) is 0 Å². The Bertz CT molecular complexity index is 1220. The van der Waals surface area contributed by atoms with E-state index in [1.165, 1.54) is 55.4 Å². The van der Waals surface area contributed by atoms with Gasteiger partial charge in [-0.3, -0.25) is 19.7 Å². The molecule has 10 nitrogen and oxygen atoms in total. The zero-order chi connectivity index (χ0) is 23.3. The van der Waals surface area contributed by atoms with Crippen molar-refractivity contribution in [3.8, 4) is 5.75 Å². The summed E-state index contributed by atoms with van der Waals surface area (Å²) in [5, 5.41) is 10.3. The normalized spacial score (nSPS) is 15.7. The molecule has 0 radical (unpaired) electrons. The number of thioether (sulfide) groups is 1. The maximum Gasteiger partial charge on any atom is 0.275 e. The van der Waals surface area contributed by atoms with Crippen LogP contribution in [0.3, 0.4) is 0 Å². The summed E-state index contributed by atoms with van der Waals surface area (Å²) < 4.78 is 33.7. The highest BCUT2D eigenvalue weighted by atomic mass is 32.2. The van der Waals surface area contributed by atoms with Crippen molar-refractivity contribution in [1.82, 2.24) is 9.88 Å². The summed E-state index contributed by atoms with van der Waals surface area (Å²) >= 11 is 1.42. The number of rotatable bonds is 9. The molecule has 2 aromatic rings. The number of methoxy groups -OCH3 is 1. The molecule has 0 saturated carbocycles. The molecule has 2 heterocycles. The SMILES string of the molecule is COc1cccc(S(=O)(=O)Nc2cccn(CC(=O)NCC3CC=C(C(=N)N)S3)c2=O)c1. The van der Waals surface area contributed by atoms with Gasteiger partial charge in [0.1, 0.15) is 23.8 Å². The summed E-state index contributed by atoms with van der Waals surface area (Å²) in [6, 6.07) is 8.66. The number of pyridine rings is 1. The Morgan fingerprint density at radius 3 is 2.81 bits per heavy atom. The number of anilines is 1. The van der Waals surface area contributed by atoms with Crippen molar-refractivity contribution in [2.75, 3.05) is 18.4 Å². The predicted octanol–water partition coefficient (Wildman–Crippen LogP) is 1.10. The Balaban J connectivity index is 1.64. The quantitative estimate of drug-likeness (QED) is 0.311. The molecule has 1 aliphatic heterocycles. The van der Waals surface area contributed by atoms with E-state index in [2.05, 4.69) is 10.0 Å². The average molecular weight is 478 g/mol. The largest absolute Gasteiger partial charge is 0.497 e. The molecule has 3 rings (SSSR count). The number of sulfonamides is 1. The van der Waals surface area contributed by atoms with Crippen molar-refractivity contribution in [3.63, 3.8) is 0 Å². The van der Waals surface area contributed by atoms with Gasteiger partial charge in [-0.2, -0.15) is 0 Å². The number of hydrogen-bond acceptors (Lipinski definition) is 7. The molecule has 1 aliphatic rings. The van der Waals surface area contributed by atoms with Crippen LogP contribution in [0.25, 0.3) is 0 Å². The van der Waals surface area contributed by atoms with E-state index in [0.717, 1.165) is 4.57 Å². The summed E-state index contributed by atoms with van der Waals surface area (Å²) in [4.78, 5) is 25.6. The van der Waals surface area contributed by atoms with Gasteiger partial charge in [-0.25, -0.2) is 8.42 Å². The van der Waals surface area contributed by atoms with Crippen molar-refractivity contribution < 1.29 is 17.9 Å². The first-order chi connectivity index (χ1) is 15.2. The molecule has 0 aliphatic carbocycles. The fraction of sp³-hybridized carbons (Fsp3) is 0.250. The van der Waals surface area contributed by atoms with Gasteiger partial charge in [-0.1, -0.05) is 12.1 Å². The minimum absolute atomic E-state index is 0.00333. The van der Waals surface area contributed by atoms with Gasteiger partial charge in [0.05, 0.1) is 12.0 Å². The highest BCUT2D eigenvalue weighted by Crippen LogP contribution is 2.31. The molecule has 1 amide bonds. The van der Waals surface area contributed by atoms with E-state index >= 15 is 0 Å². The third kappa shape index (κ3) is 5.71. The molecule has 0 saturated heterocycles. The summed E-state index contributed by atoms with van der Waals surface area (Å²) in [7, 11) is -2.61. The summed E-state index contributed by atoms with van der Waals surface area (Å²) in [5.41, 5.74) is 4.63. The molecule has 1 aromatic carbocycles. The van der Waals surface area contributed by atoms with Crippen molar-refractivity contribution in [3.05, 3.63) is 63.9 Å². The van der Waals surface area contributed by atoms with Gasteiger partial charge >= 0.3 is 0 Å². The maximum absolute atomic E-state index is 12.7. The number of hydrogen-bond donors (Lipinski definition) is 4. The lowest BCUT2D eigenvalue weighted by Crippen LogP contribution is -2.36. The molecule has 1 atom stereocenters. The Labute approximate surface area is 189 Å². The van der Waals surface area contributed by atoms with E-state index in [-0.39, 0.29) is 28.2 Å². The van der Waals surface area contributed by atoms with Crippen LogP contribution < -0.4 is 26.1 Å². The smallest absolute Gasteiger partial charge is 0.275 e. The van der Waals surface area contributed by atoms with Crippen molar-refractivity contribution in [2.24, 2.45) is 5.73 Å². The first kappa shape index (κ1) is 23.4. The van der Waals surface area contributed by atoms with Crippen LogP contribution >= 0.6 is 11.8 Å². The molecular weight excluding hydrogens is 454 g/mol. The molecule has 1 aromatic heterocycles. The Morgan fingerprint density at radius 2 is 2.12 bits per heavy atom. The standard InChI is InChI=1S/C20H23N5O5S2/c1-30-13-4-2-5-15(10-13)32(28,29)24-16-6-3-9-25(20(16)27)12-18(26)23-11-14-7-8-17(31-14)19(21)22/h2-6,8-10,14,24H,7,11-12H2,1H3,(H3,21,22)(H,23,26). The lowest BCUT2D eigenvalue weighted by atomic mass is 10.3. The number of carbonyl (C=O) groups excluding carboxylic acids is 1. The van der Waals surface area contributed by atoms with Crippen LogP contribution in [0.5, 0.6) is 5.75 Å². The molecule has 12 heteroatoms. The third-order valence-electron chi connectivity index (χ3n) is 4.58. The zero-order valence-electron chi connectivity index (χ0n) is 17.2. The number of amides is 1. The molecular formula is C20H23N5O5S2. The van der Waals surface area contributed by atoms with E-state index in [1.54, 1.807) is 6.07 Å². The van der Waals surface area contributed by atoms with Gasteiger partial charge < -0.3 is 20.4 Å². The van der Waals surface area contributed by atoms with Crippen LogP contribution in [-0.2, 0) is 21.4 Å².